The fraction of sp³-hybridized carbons (Fsp3) is 0.0714. The maximum absolute atomic E-state index is 6.39. The van der Waals surface area contributed by atoms with E-state index in [4.69, 9.17) is 40.5 Å². The van der Waals surface area contributed by atoms with Crippen LogP contribution in [0.4, 0.5) is 10.0 Å². The number of nitrogens with one attached hydrogen (secondary N) is 1. The summed E-state index contributed by atoms with van der Waals surface area (Å²) in [5.41, 5.74) is 7.62. The highest BCUT2D eigenvalue weighted by Gasteiger charge is 2.18. The molecule has 0 saturated heterocycles. The molecule has 0 amide bonds. The van der Waals surface area contributed by atoms with Gasteiger partial charge in [-0.15, -0.1) is 22.7 Å². The highest BCUT2D eigenvalue weighted by atomic mass is 35.5. The van der Waals surface area contributed by atoms with Gasteiger partial charge in [-0.2, -0.15) is 0 Å². The topological polar surface area (TPSA) is 50.9 Å². The second kappa shape index (κ2) is 6.26. The molecule has 8 heteroatoms. The van der Waals surface area contributed by atoms with Gasteiger partial charge in [0, 0.05) is 40.3 Å². The molecular weight excluding hydrogens is 381 g/mol. The van der Waals surface area contributed by atoms with Gasteiger partial charge in [0.05, 0.1) is 15.1 Å². The third-order valence-electron chi connectivity index (χ3n) is 3.04. The molecule has 3 aromatic heterocycles. The molecule has 0 radical (unpaired) electrons. The van der Waals surface area contributed by atoms with Crippen LogP contribution in [0.25, 0.3) is 20.9 Å². The Balaban J connectivity index is 2.22. The van der Waals surface area contributed by atoms with Gasteiger partial charge in [0.15, 0.2) is 0 Å². The fourth-order valence-corrected chi connectivity index (χ4v) is 4.85. The lowest BCUT2D eigenvalue weighted by Crippen LogP contribution is -1.85. The first-order chi connectivity index (χ1) is 10.5. The minimum Gasteiger partial charge on any atom is -0.389 e. The van der Waals surface area contributed by atoms with E-state index in [9.17, 15) is 0 Å². The van der Waals surface area contributed by atoms with Crippen LogP contribution < -0.4 is 11.1 Å². The lowest BCUT2D eigenvalue weighted by Gasteiger charge is -2.07. The SMILES string of the molecule is CNc1sc(-c2c(Cl)cncc2-c2cc(Cl)c(N)s2)cc1Cl. The van der Waals surface area contributed by atoms with Gasteiger partial charge in [-0.3, -0.25) is 4.98 Å². The normalized spacial score (nSPS) is 10.9. The lowest BCUT2D eigenvalue weighted by atomic mass is 10.1. The monoisotopic (exact) mass is 389 g/mol. The standard InChI is InChI=1S/C14H10Cl3N3S2/c1-19-14-8(16)3-11(22-14)12-6(4-20-5-9(12)17)10-2-7(15)13(18)21-10/h2-5,19H,18H2,1H3. The van der Waals surface area contributed by atoms with Gasteiger partial charge in [0.1, 0.15) is 10.0 Å². The van der Waals surface area contributed by atoms with Crippen molar-refractivity contribution < 1.29 is 0 Å². The molecule has 0 atom stereocenters. The maximum Gasteiger partial charge on any atom is 0.108 e. The summed E-state index contributed by atoms with van der Waals surface area (Å²) in [5.74, 6) is 0. The summed E-state index contributed by atoms with van der Waals surface area (Å²) in [4.78, 5) is 6.06. The number of hydrogen-bond acceptors (Lipinski definition) is 5. The summed E-state index contributed by atoms with van der Waals surface area (Å²) in [5, 5.41) is 6.27. The molecule has 114 valence electrons. The third kappa shape index (κ3) is 2.79. The Bertz CT molecular complexity index is 822. The van der Waals surface area contributed by atoms with Crippen LogP contribution in [0, 0.1) is 0 Å². The van der Waals surface area contributed by atoms with Gasteiger partial charge < -0.3 is 11.1 Å². The molecule has 0 spiro atoms. The molecule has 0 aliphatic carbocycles. The molecule has 0 aliphatic heterocycles. The molecule has 3 nitrogen and oxygen atoms in total. The van der Waals surface area contributed by atoms with Crippen LogP contribution in [0.15, 0.2) is 24.5 Å². The molecule has 0 aliphatic rings. The molecule has 3 aromatic rings. The van der Waals surface area contributed by atoms with Gasteiger partial charge >= 0.3 is 0 Å². The zero-order valence-corrected chi connectivity index (χ0v) is 15.2. The Morgan fingerprint density at radius 3 is 2.32 bits per heavy atom. The second-order valence-corrected chi connectivity index (χ2v) is 7.76. The van der Waals surface area contributed by atoms with Crippen molar-refractivity contribution in [1.29, 1.82) is 0 Å². The number of thiophene rings is 2. The first kappa shape index (κ1) is 15.9. The predicted molar refractivity (Wildman–Crippen MR) is 99.9 cm³/mol. The van der Waals surface area contributed by atoms with E-state index in [-0.39, 0.29) is 0 Å². The van der Waals surface area contributed by atoms with Crippen molar-refractivity contribution in [1.82, 2.24) is 4.98 Å². The summed E-state index contributed by atoms with van der Waals surface area (Å²) in [7, 11) is 1.83. The van der Waals surface area contributed by atoms with Crippen LogP contribution in [0.3, 0.4) is 0 Å². The number of halogens is 3. The highest BCUT2D eigenvalue weighted by molar-refractivity contribution is 7.21. The smallest absolute Gasteiger partial charge is 0.108 e. The Labute approximate surface area is 150 Å². The van der Waals surface area contributed by atoms with E-state index in [1.165, 1.54) is 22.7 Å². The lowest BCUT2D eigenvalue weighted by molar-refractivity contribution is 1.34. The van der Waals surface area contributed by atoms with E-state index in [1.807, 2.05) is 19.2 Å². The average molecular weight is 391 g/mol. The number of nitrogens with zero attached hydrogens (tertiary/aromatic N) is 1. The van der Waals surface area contributed by atoms with Gasteiger partial charge in [0.25, 0.3) is 0 Å². The number of aromatic nitrogens is 1. The molecule has 0 aromatic carbocycles. The Morgan fingerprint density at radius 2 is 1.73 bits per heavy atom. The highest BCUT2D eigenvalue weighted by Crippen LogP contribution is 2.47. The van der Waals surface area contributed by atoms with Crippen LogP contribution in [0.2, 0.25) is 15.1 Å². The maximum atomic E-state index is 6.39. The molecule has 0 bridgehead atoms. The molecule has 22 heavy (non-hydrogen) atoms. The minimum atomic E-state index is 0.533. The predicted octanol–water partition coefficient (Wildman–Crippen LogP) is 6.12. The van der Waals surface area contributed by atoms with Crippen LogP contribution >= 0.6 is 57.5 Å². The zero-order chi connectivity index (χ0) is 15.9. The Kier molecular flexibility index (Phi) is 4.52. The number of rotatable bonds is 3. The van der Waals surface area contributed by atoms with Crippen molar-refractivity contribution in [3.8, 4) is 20.9 Å². The van der Waals surface area contributed by atoms with Crippen molar-refractivity contribution >= 4 is 67.5 Å². The van der Waals surface area contributed by atoms with Gasteiger partial charge in [-0.1, -0.05) is 34.8 Å². The fourth-order valence-electron chi connectivity index (χ4n) is 2.05. The first-order valence-corrected chi connectivity index (χ1v) is 8.94. The van der Waals surface area contributed by atoms with Crippen molar-refractivity contribution in [2.24, 2.45) is 0 Å². The zero-order valence-electron chi connectivity index (χ0n) is 11.3. The van der Waals surface area contributed by atoms with E-state index >= 15 is 0 Å². The van der Waals surface area contributed by atoms with Crippen LogP contribution in [0.1, 0.15) is 0 Å². The van der Waals surface area contributed by atoms with E-state index in [0.717, 1.165) is 25.9 Å². The number of nitrogen functional groups attached to an aromatic ring is 1. The van der Waals surface area contributed by atoms with E-state index in [0.29, 0.717) is 20.1 Å². The summed E-state index contributed by atoms with van der Waals surface area (Å²) < 4.78 is 0. The largest absolute Gasteiger partial charge is 0.389 e. The quantitative estimate of drug-likeness (QED) is 0.566. The number of pyridine rings is 1. The van der Waals surface area contributed by atoms with Crippen LogP contribution in [-0.2, 0) is 0 Å². The summed E-state index contributed by atoms with van der Waals surface area (Å²) in [6.07, 6.45) is 3.38. The average Bonchev–Trinajstić information content (AvgIpc) is 3.01. The Morgan fingerprint density at radius 1 is 1.00 bits per heavy atom. The summed E-state index contributed by atoms with van der Waals surface area (Å²) in [6.45, 7) is 0. The molecular formula is C14H10Cl3N3S2. The number of anilines is 2. The summed E-state index contributed by atoms with van der Waals surface area (Å²) in [6, 6.07) is 3.72. The van der Waals surface area contributed by atoms with Crippen molar-refractivity contribution in [2.45, 2.75) is 0 Å². The van der Waals surface area contributed by atoms with Crippen LogP contribution in [0.5, 0.6) is 0 Å². The first-order valence-electron chi connectivity index (χ1n) is 6.17. The molecule has 3 rings (SSSR count). The van der Waals surface area contributed by atoms with Gasteiger partial charge in [-0.05, 0) is 12.1 Å². The number of hydrogen-bond donors (Lipinski definition) is 2. The summed E-state index contributed by atoms with van der Waals surface area (Å²) >= 11 is 21.6. The van der Waals surface area contributed by atoms with Crippen molar-refractivity contribution in [2.75, 3.05) is 18.1 Å². The molecule has 0 unspecified atom stereocenters. The molecule has 0 saturated carbocycles. The molecule has 3 heterocycles. The number of nitrogens with two attached hydrogens (primary N) is 1. The van der Waals surface area contributed by atoms with E-state index < -0.39 is 0 Å². The molecule has 3 N–H and O–H groups in total. The Hall–Kier alpha value is -0.980. The molecule has 0 fully saturated rings. The van der Waals surface area contributed by atoms with Gasteiger partial charge in [-0.25, -0.2) is 0 Å². The second-order valence-electron chi connectivity index (χ2n) is 4.40. The van der Waals surface area contributed by atoms with Crippen LogP contribution in [-0.4, -0.2) is 12.0 Å². The minimum absolute atomic E-state index is 0.533. The van der Waals surface area contributed by atoms with E-state index in [2.05, 4.69) is 10.3 Å². The van der Waals surface area contributed by atoms with Crippen molar-refractivity contribution in [3.05, 3.63) is 39.6 Å². The van der Waals surface area contributed by atoms with Gasteiger partial charge in [0.2, 0.25) is 0 Å². The third-order valence-corrected chi connectivity index (χ3v) is 6.33. The van der Waals surface area contributed by atoms with E-state index in [1.54, 1.807) is 12.4 Å². The van der Waals surface area contributed by atoms with Crippen molar-refractivity contribution in [3.63, 3.8) is 0 Å².